The van der Waals surface area contributed by atoms with Gasteiger partial charge in [-0.25, -0.2) is 0 Å². The minimum Gasteiger partial charge on any atom is -0.507 e. The third kappa shape index (κ3) is 2.54. The van der Waals surface area contributed by atoms with E-state index in [0.717, 1.165) is 0 Å². The van der Waals surface area contributed by atoms with Crippen molar-refractivity contribution in [1.29, 1.82) is 0 Å². The molecule has 0 aliphatic carbocycles. The van der Waals surface area contributed by atoms with Gasteiger partial charge in [-0.05, 0) is 29.8 Å². The van der Waals surface area contributed by atoms with Gasteiger partial charge in [-0.2, -0.15) is 0 Å². The molecule has 0 bridgehead atoms. The Morgan fingerprint density at radius 3 is 2.43 bits per heavy atom. The molecule has 0 amide bonds. The van der Waals surface area contributed by atoms with Crippen LogP contribution in [-0.4, -0.2) is 18.3 Å². The Balaban J connectivity index is 3.07. The lowest BCUT2D eigenvalue weighted by Crippen LogP contribution is -2.06. The third-order valence-electron chi connectivity index (χ3n) is 1.60. The first-order chi connectivity index (χ1) is 6.54. The highest BCUT2D eigenvalue weighted by Gasteiger charge is 2.10. The number of benzene rings is 1. The minimum absolute atomic E-state index is 0.0698. The van der Waals surface area contributed by atoms with E-state index in [4.69, 9.17) is 9.47 Å². The zero-order chi connectivity index (χ0) is 10.7. The fourth-order valence-electron chi connectivity index (χ4n) is 1.03. The van der Waals surface area contributed by atoms with Crippen LogP contribution in [0.15, 0.2) is 16.6 Å². The van der Waals surface area contributed by atoms with Crippen LogP contribution in [0.3, 0.4) is 0 Å². The van der Waals surface area contributed by atoms with Gasteiger partial charge in [0.25, 0.3) is 0 Å². The molecule has 0 heterocycles. The molecule has 1 N–H and O–H groups in total. The Bertz CT molecular complexity index is 323. The van der Waals surface area contributed by atoms with E-state index in [2.05, 4.69) is 15.9 Å². The number of methoxy groups -OCH3 is 1. The number of hydrogen-bond donors (Lipinski definition) is 1. The van der Waals surface area contributed by atoms with Crippen LogP contribution in [0.25, 0.3) is 0 Å². The second-order valence-electron chi connectivity index (χ2n) is 3.12. The molecule has 0 aromatic heterocycles. The van der Waals surface area contributed by atoms with Crippen molar-refractivity contribution in [2.24, 2.45) is 0 Å². The molecule has 0 radical (unpaired) electrons. The van der Waals surface area contributed by atoms with E-state index >= 15 is 0 Å². The van der Waals surface area contributed by atoms with E-state index in [1.54, 1.807) is 6.07 Å². The minimum atomic E-state index is 0.0698. The summed E-state index contributed by atoms with van der Waals surface area (Å²) in [4.78, 5) is 0. The van der Waals surface area contributed by atoms with Crippen LogP contribution in [0.4, 0.5) is 0 Å². The van der Waals surface area contributed by atoms with Crippen LogP contribution in [-0.2, 0) is 0 Å². The van der Waals surface area contributed by atoms with Crippen molar-refractivity contribution >= 4 is 15.9 Å². The van der Waals surface area contributed by atoms with Gasteiger partial charge in [0.1, 0.15) is 5.75 Å². The average Bonchev–Trinajstić information content (AvgIpc) is 2.10. The van der Waals surface area contributed by atoms with Gasteiger partial charge in [0.05, 0.1) is 17.7 Å². The Labute approximate surface area is 91.8 Å². The molecule has 1 rings (SSSR count). The van der Waals surface area contributed by atoms with E-state index < -0.39 is 0 Å². The smallest absolute Gasteiger partial charge is 0.164 e. The van der Waals surface area contributed by atoms with E-state index in [-0.39, 0.29) is 11.9 Å². The summed E-state index contributed by atoms with van der Waals surface area (Å²) in [6.45, 7) is 3.86. The summed E-state index contributed by atoms with van der Waals surface area (Å²) >= 11 is 3.21. The van der Waals surface area contributed by atoms with Gasteiger partial charge in [0, 0.05) is 12.1 Å². The molecular formula is C10H13BrO3. The molecule has 4 heteroatoms. The lowest BCUT2D eigenvalue weighted by atomic mass is 10.3. The summed E-state index contributed by atoms with van der Waals surface area (Å²) in [5, 5.41) is 9.41. The molecular weight excluding hydrogens is 248 g/mol. The summed E-state index contributed by atoms with van der Waals surface area (Å²) in [6, 6.07) is 3.20. The molecule has 0 spiro atoms. The third-order valence-corrected chi connectivity index (χ3v) is 2.23. The fraction of sp³-hybridized carbons (Fsp3) is 0.400. The highest BCUT2D eigenvalue weighted by molar-refractivity contribution is 9.10. The topological polar surface area (TPSA) is 38.7 Å². The monoisotopic (exact) mass is 260 g/mol. The van der Waals surface area contributed by atoms with Gasteiger partial charge in [0.15, 0.2) is 11.5 Å². The molecule has 78 valence electrons. The molecule has 0 saturated carbocycles. The number of aromatic hydroxyl groups is 1. The van der Waals surface area contributed by atoms with Crippen molar-refractivity contribution in [3.63, 3.8) is 0 Å². The maximum Gasteiger partial charge on any atom is 0.164 e. The molecule has 14 heavy (non-hydrogen) atoms. The maximum absolute atomic E-state index is 9.41. The standard InChI is InChI=1S/C10H13BrO3/c1-6(2)14-10-4-7(11)8(12)5-9(10)13-3/h4-6,12H,1-3H3. The van der Waals surface area contributed by atoms with Crippen molar-refractivity contribution in [2.75, 3.05) is 7.11 Å². The van der Waals surface area contributed by atoms with Gasteiger partial charge in [0.2, 0.25) is 0 Å². The fourth-order valence-corrected chi connectivity index (χ4v) is 1.35. The highest BCUT2D eigenvalue weighted by atomic mass is 79.9. The number of ether oxygens (including phenoxy) is 2. The number of rotatable bonds is 3. The Kier molecular flexibility index (Phi) is 3.63. The van der Waals surface area contributed by atoms with Crippen molar-refractivity contribution < 1.29 is 14.6 Å². The predicted molar refractivity (Wildman–Crippen MR) is 58.1 cm³/mol. The van der Waals surface area contributed by atoms with Gasteiger partial charge in [-0.1, -0.05) is 0 Å². The second-order valence-corrected chi connectivity index (χ2v) is 3.98. The van der Waals surface area contributed by atoms with E-state index in [1.807, 2.05) is 13.8 Å². The van der Waals surface area contributed by atoms with Crippen LogP contribution in [0.2, 0.25) is 0 Å². The van der Waals surface area contributed by atoms with Gasteiger partial charge in [-0.3, -0.25) is 0 Å². The van der Waals surface area contributed by atoms with Crippen molar-refractivity contribution in [2.45, 2.75) is 20.0 Å². The van der Waals surface area contributed by atoms with Crippen LogP contribution in [0.5, 0.6) is 17.2 Å². The van der Waals surface area contributed by atoms with Crippen LogP contribution < -0.4 is 9.47 Å². The second kappa shape index (κ2) is 4.55. The van der Waals surface area contributed by atoms with Gasteiger partial charge < -0.3 is 14.6 Å². The van der Waals surface area contributed by atoms with Gasteiger partial charge >= 0.3 is 0 Å². The molecule has 0 atom stereocenters. The number of phenols is 1. The van der Waals surface area contributed by atoms with Gasteiger partial charge in [-0.15, -0.1) is 0 Å². The summed E-state index contributed by atoms with van der Waals surface area (Å²) in [5.74, 6) is 1.28. The number of phenolic OH excluding ortho intramolecular Hbond substituents is 1. The first-order valence-corrected chi connectivity index (χ1v) is 5.07. The SMILES string of the molecule is COc1cc(O)c(Br)cc1OC(C)C. The summed E-state index contributed by atoms with van der Waals surface area (Å²) in [5.41, 5.74) is 0. The van der Waals surface area contributed by atoms with E-state index in [0.29, 0.717) is 16.0 Å². The van der Waals surface area contributed by atoms with Crippen LogP contribution >= 0.6 is 15.9 Å². The van der Waals surface area contributed by atoms with Crippen LogP contribution in [0.1, 0.15) is 13.8 Å². The van der Waals surface area contributed by atoms with Crippen molar-refractivity contribution in [3.05, 3.63) is 16.6 Å². The zero-order valence-corrected chi connectivity index (χ0v) is 9.96. The summed E-state index contributed by atoms with van der Waals surface area (Å²) in [6.07, 6.45) is 0.0698. The highest BCUT2D eigenvalue weighted by Crippen LogP contribution is 2.37. The molecule has 0 unspecified atom stereocenters. The predicted octanol–water partition coefficient (Wildman–Crippen LogP) is 2.95. The Hall–Kier alpha value is -0.900. The number of halogens is 1. The molecule has 0 fully saturated rings. The Morgan fingerprint density at radius 2 is 1.93 bits per heavy atom. The maximum atomic E-state index is 9.41. The first kappa shape index (κ1) is 11.2. The lowest BCUT2D eigenvalue weighted by molar-refractivity contribution is 0.229. The zero-order valence-electron chi connectivity index (χ0n) is 8.37. The summed E-state index contributed by atoms with van der Waals surface area (Å²) in [7, 11) is 1.54. The number of hydrogen-bond acceptors (Lipinski definition) is 3. The van der Waals surface area contributed by atoms with E-state index in [9.17, 15) is 5.11 Å². The van der Waals surface area contributed by atoms with Crippen LogP contribution in [0, 0.1) is 0 Å². The molecule has 1 aromatic rings. The molecule has 3 nitrogen and oxygen atoms in total. The molecule has 0 aliphatic rings. The first-order valence-electron chi connectivity index (χ1n) is 4.27. The summed E-state index contributed by atoms with van der Waals surface area (Å²) < 4.78 is 11.2. The average molecular weight is 261 g/mol. The largest absolute Gasteiger partial charge is 0.507 e. The molecule has 0 aliphatic heterocycles. The van der Waals surface area contributed by atoms with Crippen molar-refractivity contribution in [3.8, 4) is 17.2 Å². The Morgan fingerprint density at radius 1 is 1.29 bits per heavy atom. The normalized spacial score (nSPS) is 10.4. The van der Waals surface area contributed by atoms with E-state index in [1.165, 1.54) is 13.2 Å². The van der Waals surface area contributed by atoms with Crippen molar-refractivity contribution in [1.82, 2.24) is 0 Å². The quantitative estimate of drug-likeness (QED) is 0.909. The molecule has 1 aromatic carbocycles. The molecule has 0 saturated heterocycles. The lowest BCUT2D eigenvalue weighted by Gasteiger charge is -2.14.